The Labute approximate surface area is 119 Å². The van der Waals surface area contributed by atoms with Crippen molar-refractivity contribution in [1.29, 1.82) is 5.26 Å². The second kappa shape index (κ2) is 6.63. The van der Waals surface area contributed by atoms with Crippen molar-refractivity contribution in [2.24, 2.45) is 0 Å². The van der Waals surface area contributed by atoms with Crippen LogP contribution >= 0.6 is 0 Å². The van der Waals surface area contributed by atoms with Gasteiger partial charge in [-0.25, -0.2) is 0 Å². The molecule has 3 nitrogen and oxygen atoms in total. The highest BCUT2D eigenvalue weighted by molar-refractivity contribution is 5.45. The van der Waals surface area contributed by atoms with E-state index in [1.807, 2.05) is 24.3 Å². The topological polar surface area (TPSA) is 42.2 Å². The van der Waals surface area contributed by atoms with Crippen molar-refractivity contribution in [3.8, 4) is 17.6 Å². The van der Waals surface area contributed by atoms with Crippen LogP contribution in [0.4, 0.5) is 0 Å². The smallest absolute Gasteiger partial charge is 0.136 e. The Kier molecular flexibility index (Phi) is 4.62. The zero-order valence-corrected chi connectivity index (χ0v) is 11.7. The maximum absolute atomic E-state index is 9.07. The Bertz CT molecular complexity index is 629. The van der Waals surface area contributed by atoms with Crippen LogP contribution in [0.2, 0.25) is 0 Å². The van der Waals surface area contributed by atoms with Crippen LogP contribution in [0.15, 0.2) is 42.5 Å². The number of para-hydroxylation sites is 1. The Balaban J connectivity index is 2.13. The van der Waals surface area contributed by atoms with Gasteiger partial charge in [0.2, 0.25) is 0 Å². The van der Waals surface area contributed by atoms with Gasteiger partial charge in [0.05, 0.1) is 12.7 Å². The Hall–Kier alpha value is -2.47. The van der Waals surface area contributed by atoms with E-state index in [9.17, 15) is 0 Å². The molecule has 2 rings (SSSR count). The molecule has 0 saturated carbocycles. The van der Waals surface area contributed by atoms with E-state index in [0.717, 1.165) is 17.7 Å². The number of hydrogen-bond donors (Lipinski definition) is 0. The molecule has 0 aliphatic rings. The third-order valence-corrected chi connectivity index (χ3v) is 3.13. The molecule has 0 unspecified atom stereocenters. The molecular formula is C17H17NO2. The molecule has 0 aliphatic heterocycles. The fraction of sp³-hybridized carbons (Fsp3) is 0.235. The molecule has 0 saturated heterocycles. The van der Waals surface area contributed by atoms with Crippen LogP contribution in [0.3, 0.4) is 0 Å². The molecule has 2 aromatic rings. The first kappa shape index (κ1) is 14.0. The number of ether oxygens (including phenoxy) is 2. The maximum Gasteiger partial charge on any atom is 0.136 e. The predicted octanol–water partition coefficient (Wildman–Crippen LogP) is 3.71. The molecule has 0 N–H and O–H groups in total. The van der Waals surface area contributed by atoms with E-state index in [4.69, 9.17) is 14.7 Å². The summed E-state index contributed by atoms with van der Waals surface area (Å²) in [7, 11) is 1.56. The first-order chi connectivity index (χ1) is 9.78. The molecule has 102 valence electrons. The van der Waals surface area contributed by atoms with Gasteiger partial charge in [-0.15, -0.1) is 0 Å². The summed E-state index contributed by atoms with van der Waals surface area (Å²) in [4.78, 5) is 0. The van der Waals surface area contributed by atoms with Crippen LogP contribution < -0.4 is 9.47 Å². The number of nitrogens with zero attached hydrogens (tertiary/aromatic N) is 1. The maximum atomic E-state index is 9.07. The third-order valence-electron chi connectivity index (χ3n) is 3.13. The Morgan fingerprint density at radius 1 is 1.10 bits per heavy atom. The van der Waals surface area contributed by atoms with Crippen molar-refractivity contribution >= 4 is 0 Å². The van der Waals surface area contributed by atoms with Gasteiger partial charge >= 0.3 is 0 Å². The summed E-state index contributed by atoms with van der Waals surface area (Å²) in [5.41, 5.74) is 2.66. The number of methoxy groups -OCH3 is 1. The standard InChI is InChI=1S/C17H17NO2/c1-3-14-6-4-5-7-17(14)20-12-13-8-9-16(19-2)15(10-13)11-18/h4-10H,3,12H2,1-2H3. The summed E-state index contributed by atoms with van der Waals surface area (Å²) in [6.45, 7) is 2.54. The van der Waals surface area contributed by atoms with Crippen molar-refractivity contribution in [2.45, 2.75) is 20.0 Å². The van der Waals surface area contributed by atoms with E-state index in [1.165, 1.54) is 5.56 Å². The second-order valence-electron chi connectivity index (χ2n) is 4.40. The number of rotatable bonds is 5. The quantitative estimate of drug-likeness (QED) is 0.829. The van der Waals surface area contributed by atoms with Crippen molar-refractivity contribution in [3.63, 3.8) is 0 Å². The number of aryl methyl sites for hydroxylation is 1. The van der Waals surface area contributed by atoms with Gasteiger partial charge in [-0.2, -0.15) is 5.26 Å². The molecule has 0 spiro atoms. The summed E-state index contributed by atoms with van der Waals surface area (Å²) in [5, 5.41) is 9.07. The van der Waals surface area contributed by atoms with Gasteiger partial charge in [0.25, 0.3) is 0 Å². The molecule has 2 aromatic carbocycles. The lowest BCUT2D eigenvalue weighted by Gasteiger charge is -2.11. The van der Waals surface area contributed by atoms with E-state index < -0.39 is 0 Å². The lowest BCUT2D eigenvalue weighted by atomic mass is 10.1. The highest BCUT2D eigenvalue weighted by Gasteiger charge is 2.05. The average molecular weight is 267 g/mol. The molecule has 0 heterocycles. The number of benzene rings is 2. The van der Waals surface area contributed by atoms with Crippen LogP contribution in [0, 0.1) is 11.3 Å². The van der Waals surface area contributed by atoms with Crippen LogP contribution in [0.25, 0.3) is 0 Å². The molecule has 0 amide bonds. The van der Waals surface area contributed by atoms with Crippen molar-refractivity contribution < 1.29 is 9.47 Å². The molecule has 0 bridgehead atoms. The molecule has 20 heavy (non-hydrogen) atoms. The highest BCUT2D eigenvalue weighted by atomic mass is 16.5. The zero-order valence-electron chi connectivity index (χ0n) is 11.7. The lowest BCUT2D eigenvalue weighted by Crippen LogP contribution is -1.99. The minimum Gasteiger partial charge on any atom is -0.495 e. The van der Waals surface area contributed by atoms with Gasteiger partial charge in [0.15, 0.2) is 0 Å². The zero-order chi connectivity index (χ0) is 14.4. The van der Waals surface area contributed by atoms with Crippen LogP contribution in [-0.4, -0.2) is 7.11 Å². The van der Waals surface area contributed by atoms with Gasteiger partial charge in [-0.05, 0) is 35.7 Å². The van der Waals surface area contributed by atoms with Gasteiger partial charge in [0, 0.05) is 0 Å². The van der Waals surface area contributed by atoms with Gasteiger partial charge in [-0.1, -0.05) is 31.2 Å². The first-order valence-corrected chi connectivity index (χ1v) is 6.56. The van der Waals surface area contributed by atoms with Gasteiger partial charge in [-0.3, -0.25) is 0 Å². The molecule has 3 heteroatoms. The SMILES string of the molecule is CCc1ccccc1OCc1ccc(OC)c(C#N)c1. The molecular weight excluding hydrogens is 250 g/mol. The van der Waals surface area contributed by atoms with Crippen molar-refractivity contribution in [3.05, 3.63) is 59.2 Å². The predicted molar refractivity (Wildman–Crippen MR) is 77.9 cm³/mol. The Morgan fingerprint density at radius 2 is 1.90 bits per heavy atom. The van der Waals surface area contributed by atoms with E-state index in [1.54, 1.807) is 19.2 Å². The average Bonchev–Trinajstić information content (AvgIpc) is 2.52. The van der Waals surface area contributed by atoms with E-state index >= 15 is 0 Å². The first-order valence-electron chi connectivity index (χ1n) is 6.56. The van der Waals surface area contributed by atoms with Gasteiger partial charge in [0.1, 0.15) is 24.2 Å². The fourth-order valence-electron chi connectivity index (χ4n) is 2.03. The highest BCUT2D eigenvalue weighted by Crippen LogP contribution is 2.22. The van der Waals surface area contributed by atoms with E-state index in [0.29, 0.717) is 17.9 Å². The van der Waals surface area contributed by atoms with Gasteiger partial charge < -0.3 is 9.47 Å². The number of hydrogen-bond acceptors (Lipinski definition) is 3. The van der Waals surface area contributed by atoms with Crippen molar-refractivity contribution in [2.75, 3.05) is 7.11 Å². The molecule has 0 aliphatic carbocycles. The monoisotopic (exact) mass is 267 g/mol. The van der Waals surface area contributed by atoms with Crippen LogP contribution in [0.1, 0.15) is 23.6 Å². The van der Waals surface area contributed by atoms with Crippen LogP contribution in [-0.2, 0) is 13.0 Å². The summed E-state index contributed by atoms with van der Waals surface area (Å²) in [6, 6.07) is 15.6. The summed E-state index contributed by atoms with van der Waals surface area (Å²) in [5.74, 6) is 1.48. The van der Waals surface area contributed by atoms with E-state index in [2.05, 4.69) is 19.1 Å². The van der Waals surface area contributed by atoms with Crippen LogP contribution in [0.5, 0.6) is 11.5 Å². The third kappa shape index (κ3) is 3.10. The summed E-state index contributed by atoms with van der Waals surface area (Å²) < 4.78 is 11.0. The largest absolute Gasteiger partial charge is 0.495 e. The molecule has 0 fully saturated rings. The van der Waals surface area contributed by atoms with E-state index in [-0.39, 0.29) is 0 Å². The molecule has 0 atom stereocenters. The summed E-state index contributed by atoms with van der Waals surface area (Å²) >= 11 is 0. The molecule has 0 aromatic heterocycles. The Morgan fingerprint density at radius 3 is 2.60 bits per heavy atom. The molecule has 0 radical (unpaired) electrons. The second-order valence-corrected chi connectivity index (χ2v) is 4.40. The fourth-order valence-corrected chi connectivity index (χ4v) is 2.03. The number of nitriles is 1. The minimum atomic E-state index is 0.440. The minimum absolute atomic E-state index is 0.440. The normalized spacial score (nSPS) is 9.85. The van der Waals surface area contributed by atoms with Crippen molar-refractivity contribution in [1.82, 2.24) is 0 Å². The summed E-state index contributed by atoms with van der Waals surface area (Å²) in [6.07, 6.45) is 0.933. The lowest BCUT2D eigenvalue weighted by molar-refractivity contribution is 0.303.